The van der Waals surface area contributed by atoms with Crippen LogP contribution >= 0.6 is 34.4 Å². The van der Waals surface area contributed by atoms with E-state index in [0.717, 1.165) is 14.7 Å². The van der Waals surface area contributed by atoms with Crippen molar-refractivity contribution < 1.29 is 28.6 Å². The molecule has 1 N–H and O–H groups in total. The molecule has 0 aliphatic carbocycles. The van der Waals surface area contributed by atoms with E-state index < -0.39 is 5.97 Å². The summed E-state index contributed by atoms with van der Waals surface area (Å²) < 4.78 is 25.9. The molecule has 1 heterocycles. The Morgan fingerprint density at radius 3 is 2.45 bits per heavy atom. The summed E-state index contributed by atoms with van der Waals surface area (Å²) in [5.74, 6) is -0.359. The summed E-state index contributed by atoms with van der Waals surface area (Å²) in [5.41, 5.74) is 2.32. The molecular formula is C28H24FIN2O5S. The Kier molecular flexibility index (Phi) is 9.05. The Bertz CT molecular complexity index is 1410. The summed E-state index contributed by atoms with van der Waals surface area (Å²) in [5, 5.41) is 9.62. The van der Waals surface area contributed by atoms with E-state index in [-0.39, 0.29) is 23.9 Å². The van der Waals surface area contributed by atoms with Crippen molar-refractivity contribution in [1.29, 1.82) is 0 Å². The van der Waals surface area contributed by atoms with Crippen molar-refractivity contribution in [2.75, 3.05) is 13.2 Å². The van der Waals surface area contributed by atoms with Crippen LogP contribution in [0.1, 0.15) is 35.3 Å². The van der Waals surface area contributed by atoms with E-state index in [9.17, 15) is 14.0 Å². The lowest BCUT2D eigenvalue weighted by Gasteiger charge is -2.15. The molecule has 0 unspecified atom stereocenters. The van der Waals surface area contributed by atoms with E-state index in [1.165, 1.54) is 36.0 Å². The van der Waals surface area contributed by atoms with Gasteiger partial charge in [-0.05, 0) is 114 Å². The fourth-order valence-corrected chi connectivity index (χ4v) is 5.46. The fraction of sp³-hybridized carbons (Fsp3) is 0.179. The summed E-state index contributed by atoms with van der Waals surface area (Å²) >= 11 is 3.42. The van der Waals surface area contributed by atoms with E-state index in [4.69, 9.17) is 14.6 Å². The number of thioether (sulfide) groups is 1. The Morgan fingerprint density at radius 1 is 1.11 bits per heavy atom. The van der Waals surface area contributed by atoms with Gasteiger partial charge in [0.2, 0.25) is 0 Å². The van der Waals surface area contributed by atoms with Crippen molar-refractivity contribution in [3.05, 3.63) is 91.6 Å². The summed E-state index contributed by atoms with van der Waals surface area (Å²) in [6.07, 6.45) is 1.79. The van der Waals surface area contributed by atoms with Gasteiger partial charge < -0.3 is 14.6 Å². The molecule has 1 aliphatic rings. The van der Waals surface area contributed by atoms with Crippen molar-refractivity contribution >= 4 is 63.2 Å². The molecule has 1 saturated heterocycles. The van der Waals surface area contributed by atoms with Gasteiger partial charge in [-0.15, -0.1) is 0 Å². The number of likely N-dealkylation sites (N-methyl/N-ethyl adjacent to an activating group) is 1. The highest BCUT2D eigenvalue weighted by Gasteiger charge is 2.32. The lowest BCUT2D eigenvalue weighted by Crippen LogP contribution is -2.28. The summed E-state index contributed by atoms with van der Waals surface area (Å²) in [4.78, 5) is 30.9. The SMILES string of the molecule is CCOc1cc(C=C2SC(=Nc3ccc(C(=O)O)cc3)N(CC)C2=O)cc(I)c1OCc1ccc(F)cc1. The lowest BCUT2D eigenvalue weighted by molar-refractivity contribution is -0.122. The Balaban J connectivity index is 1.59. The largest absolute Gasteiger partial charge is 0.490 e. The molecule has 0 saturated carbocycles. The van der Waals surface area contributed by atoms with E-state index in [2.05, 4.69) is 27.6 Å². The van der Waals surface area contributed by atoms with Crippen molar-refractivity contribution in [3.63, 3.8) is 0 Å². The van der Waals surface area contributed by atoms with Gasteiger partial charge in [-0.2, -0.15) is 0 Å². The zero-order valence-corrected chi connectivity index (χ0v) is 23.6. The highest BCUT2D eigenvalue weighted by atomic mass is 127. The van der Waals surface area contributed by atoms with Crippen molar-refractivity contribution in [3.8, 4) is 11.5 Å². The van der Waals surface area contributed by atoms with E-state index in [1.807, 2.05) is 26.0 Å². The van der Waals surface area contributed by atoms with Crippen LogP contribution in [0, 0.1) is 9.39 Å². The molecule has 0 atom stereocenters. The maximum absolute atomic E-state index is 13.2. The number of rotatable bonds is 9. The second-order valence-electron chi connectivity index (χ2n) is 8.08. The third-order valence-corrected chi connectivity index (χ3v) is 7.28. The van der Waals surface area contributed by atoms with Gasteiger partial charge in [-0.3, -0.25) is 9.69 Å². The monoisotopic (exact) mass is 646 g/mol. The average molecular weight is 646 g/mol. The summed E-state index contributed by atoms with van der Waals surface area (Å²) in [6, 6.07) is 16.0. The number of carboxylic acid groups (broad SMARTS) is 1. The van der Waals surface area contributed by atoms with Gasteiger partial charge >= 0.3 is 5.97 Å². The number of hydrogen-bond donors (Lipinski definition) is 1. The normalized spacial score (nSPS) is 15.4. The minimum Gasteiger partial charge on any atom is -0.490 e. The van der Waals surface area contributed by atoms with Crippen LogP contribution in [0.5, 0.6) is 11.5 Å². The minimum atomic E-state index is -1.01. The molecule has 0 radical (unpaired) electrons. The molecule has 38 heavy (non-hydrogen) atoms. The van der Waals surface area contributed by atoms with Gasteiger partial charge in [0.25, 0.3) is 5.91 Å². The topological polar surface area (TPSA) is 88.4 Å². The number of benzene rings is 3. The predicted molar refractivity (Wildman–Crippen MR) is 155 cm³/mol. The van der Waals surface area contributed by atoms with Crippen LogP contribution in [0.2, 0.25) is 0 Å². The second kappa shape index (κ2) is 12.4. The Hall–Kier alpha value is -3.38. The second-order valence-corrected chi connectivity index (χ2v) is 10.3. The molecule has 0 bridgehead atoms. The molecule has 4 rings (SSSR count). The first-order valence-electron chi connectivity index (χ1n) is 11.8. The van der Waals surface area contributed by atoms with Crippen LogP contribution in [0.4, 0.5) is 10.1 Å². The number of hydrogen-bond acceptors (Lipinski definition) is 6. The average Bonchev–Trinajstić information content (AvgIpc) is 3.18. The number of halogens is 2. The first-order valence-corrected chi connectivity index (χ1v) is 13.7. The number of amidine groups is 1. The van der Waals surface area contributed by atoms with Crippen LogP contribution in [0.3, 0.4) is 0 Å². The van der Waals surface area contributed by atoms with Gasteiger partial charge in [0.15, 0.2) is 16.7 Å². The molecule has 0 spiro atoms. The molecule has 1 amide bonds. The van der Waals surface area contributed by atoms with Gasteiger partial charge in [0.1, 0.15) is 12.4 Å². The highest BCUT2D eigenvalue weighted by molar-refractivity contribution is 14.1. The minimum absolute atomic E-state index is 0.164. The number of aliphatic imine (C=N–C) groups is 1. The number of carboxylic acids is 1. The van der Waals surface area contributed by atoms with E-state index >= 15 is 0 Å². The lowest BCUT2D eigenvalue weighted by atomic mass is 10.1. The Morgan fingerprint density at radius 2 is 1.82 bits per heavy atom. The fourth-order valence-electron chi connectivity index (χ4n) is 3.62. The molecule has 1 aliphatic heterocycles. The molecule has 1 fully saturated rings. The maximum Gasteiger partial charge on any atom is 0.335 e. The van der Waals surface area contributed by atoms with Crippen molar-refractivity contribution in [2.45, 2.75) is 20.5 Å². The highest BCUT2D eigenvalue weighted by Crippen LogP contribution is 2.38. The number of amides is 1. The predicted octanol–water partition coefficient (Wildman–Crippen LogP) is 6.73. The molecule has 0 aromatic heterocycles. The van der Waals surface area contributed by atoms with Crippen LogP contribution in [-0.2, 0) is 11.4 Å². The van der Waals surface area contributed by atoms with Gasteiger partial charge in [0.05, 0.1) is 26.3 Å². The quantitative estimate of drug-likeness (QED) is 0.205. The third kappa shape index (κ3) is 6.54. The molecule has 196 valence electrons. The van der Waals surface area contributed by atoms with Gasteiger partial charge in [-0.1, -0.05) is 12.1 Å². The first-order chi connectivity index (χ1) is 18.3. The number of nitrogens with zero attached hydrogens (tertiary/aromatic N) is 2. The van der Waals surface area contributed by atoms with Crippen LogP contribution in [0.15, 0.2) is 70.6 Å². The van der Waals surface area contributed by atoms with Crippen LogP contribution in [0.25, 0.3) is 6.08 Å². The number of aromatic carboxylic acids is 1. The standard InChI is InChI=1S/C28H24FIN2O5S/c1-3-32-26(33)24(38-28(32)31-21-11-7-19(8-12-21)27(34)35)15-18-13-22(30)25(23(14-18)36-4-2)37-16-17-5-9-20(29)10-6-17/h5-15H,3-4,16H2,1-2H3,(H,34,35). The Labute approximate surface area is 237 Å². The van der Waals surface area contributed by atoms with E-state index in [0.29, 0.717) is 40.4 Å². The van der Waals surface area contributed by atoms with Crippen LogP contribution in [-0.4, -0.2) is 40.2 Å². The summed E-state index contributed by atoms with van der Waals surface area (Å²) in [6.45, 7) is 4.87. The number of carbonyl (C=O) groups is 2. The molecule has 3 aromatic carbocycles. The maximum atomic E-state index is 13.2. The van der Waals surface area contributed by atoms with Crippen molar-refractivity contribution in [2.24, 2.45) is 4.99 Å². The number of carbonyl (C=O) groups excluding carboxylic acids is 1. The molecule has 3 aromatic rings. The van der Waals surface area contributed by atoms with E-state index in [1.54, 1.807) is 35.2 Å². The van der Waals surface area contributed by atoms with Crippen LogP contribution < -0.4 is 9.47 Å². The molecule has 7 nitrogen and oxygen atoms in total. The zero-order valence-electron chi connectivity index (χ0n) is 20.6. The van der Waals surface area contributed by atoms with Crippen molar-refractivity contribution in [1.82, 2.24) is 4.90 Å². The third-order valence-electron chi connectivity index (χ3n) is 5.47. The zero-order chi connectivity index (χ0) is 27.2. The van der Waals surface area contributed by atoms with Gasteiger partial charge in [-0.25, -0.2) is 14.2 Å². The van der Waals surface area contributed by atoms with Gasteiger partial charge in [0, 0.05) is 6.54 Å². The summed E-state index contributed by atoms with van der Waals surface area (Å²) in [7, 11) is 0. The smallest absolute Gasteiger partial charge is 0.335 e. The first kappa shape index (κ1) is 27.6. The molecule has 10 heteroatoms. The number of ether oxygens (including phenoxy) is 2. The molecular weight excluding hydrogens is 622 g/mol.